The molecule has 64 heavy (non-hydrogen) atoms. The summed E-state index contributed by atoms with van der Waals surface area (Å²) < 4.78 is 7.75. The van der Waals surface area contributed by atoms with Crippen molar-refractivity contribution in [2.75, 3.05) is 66.0 Å². The van der Waals surface area contributed by atoms with Gasteiger partial charge in [-0.2, -0.15) is 0 Å². The molecule has 0 aliphatic carbocycles. The number of benzene rings is 2. The smallest absolute Gasteiger partial charge is 0.261 e. The lowest BCUT2D eigenvalue weighted by Gasteiger charge is -2.32. The molecular weight excluding hydrogens is 854 g/mol. The number of likely N-dealkylation sites (N-methyl/N-ethyl adjacent to an activating group) is 1. The van der Waals surface area contributed by atoms with Gasteiger partial charge in [0.05, 0.1) is 28.1 Å². The molecule has 4 aromatic rings. The van der Waals surface area contributed by atoms with Crippen LogP contribution in [0.15, 0.2) is 47.5 Å². The number of aryl methyl sites for hydroxylation is 1. The first-order valence-corrected chi connectivity index (χ1v) is 23.4. The molecular formula is C46H58ClN11O5S. The van der Waals surface area contributed by atoms with Gasteiger partial charge in [-0.3, -0.25) is 39.0 Å². The minimum absolute atomic E-state index is 0.0819. The van der Waals surface area contributed by atoms with Crippen LogP contribution in [-0.4, -0.2) is 137 Å². The zero-order valence-electron chi connectivity index (χ0n) is 37.3. The van der Waals surface area contributed by atoms with Gasteiger partial charge in [0.1, 0.15) is 28.5 Å². The van der Waals surface area contributed by atoms with Crippen molar-refractivity contribution < 1.29 is 23.9 Å². The molecule has 1 fully saturated rings. The Hall–Kier alpha value is -5.49. The Bertz CT molecular complexity index is 2410. The lowest BCUT2D eigenvalue weighted by atomic mass is 9.99. The zero-order chi connectivity index (χ0) is 45.5. The van der Waals surface area contributed by atoms with Gasteiger partial charge in [-0.1, -0.05) is 43.1 Å². The number of hydrogen-bond donors (Lipinski definition) is 4. The molecule has 1 saturated heterocycles. The predicted octanol–water partition coefficient (Wildman–Crippen LogP) is 5.31. The average Bonchev–Trinajstić information content (AvgIpc) is 3.88. The maximum Gasteiger partial charge on any atom is 0.261 e. The first-order valence-electron chi connectivity index (χ1n) is 22.2. The summed E-state index contributed by atoms with van der Waals surface area (Å²) in [5.41, 5.74) is 3.78. The standard InChI is InChI=1S/C46H58ClN11O5S/c1-6-11-28(2)57-42(48)39-33(45(57)62)12-9-13-35(39)63-27-37(60)50-18-7-8-19-51-44(61)41-29(3)38-40(31-14-16-32(47)17-15-31)52-34(43-54-53-30(4)58(43)46(38)64-41)26-36(59)49-20-10-21-56-24-22-55(5)23-25-56/h9,12-17,28,34,48H,6-8,10-11,18-27H2,1-5H3,(H,49,59)(H,50,60)(H,51,61)/t28?,34-/m0/s1. The Labute approximate surface area is 383 Å². The molecule has 2 aromatic heterocycles. The second-order valence-electron chi connectivity index (χ2n) is 16.7. The molecule has 4 N–H and O–H groups in total. The molecule has 340 valence electrons. The van der Waals surface area contributed by atoms with E-state index in [1.165, 1.54) is 16.2 Å². The largest absolute Gasteiger partial charge is 0.483 e. The number of hydrogen-bond acceptors (Lipinski definition) is 12. The van der Waals surface area contributed by atoms with Crippen molar-refractivity contribution in [2.24, 2.45) is 4.99 Å². The number of piperazine rings is 1. The number of rotatable bonds is 19. The van der Waals surface area contributed by atoms with Crippen LogP contribution in [0.4, 0.5) is 0 Å². The number of amides is 4. The third kappa shape index (κ3) is 10.4. The molecule has 7 rings (SSSR count). The fraction of sp³-hybridized carbons (Fsp3) is 0.478. The number of nitrogens with zero attached hydrogens (tertiary/aromatic N) is 7. The number of aromatic nitrogens is 3. The summed E-state index contributed by atoms with van der Waals surface area (Å²) in [6, 6.07) is 11.7. The predicted molar refractivity (Wildman–Crippen MR) is 249 cm³/mol. The van der Waals surface area contributed by atoms with Crippen LogP contribution in [-0.2, 0) is 9.59 Å². The maximum absolute atomic E-state index is 13.8. The van der Waals surface area contributed by atoms with Crippen molar-refractivity contribution in [1.29, 1.82) is 5.41 Å². The van der Waals surface area contributed by atoms with E-state index in [4.69, 9.17) is 26.7 Å². The van der Waals surface area contributed by atoms with Crippen molar-refractivity contribution in [2.45, 2.75) is 78.3 Å². The summed E-state index contributed by atoms with van der Waals surface area (Å²) in [5.74, 6) is 0.662. The topological polar surface area (TPSA) is 190 Å². The second kappa shape index (κ2) is 21.0. The number of fused-ring (bicyclic) bond motifs is 4. The number of unbranched alkanes of at least 4 members (excludes halogenated alkanes) is 1. The number of aliphatic imine (C=N–C) groups is 1. The van der Waals surface area contributed by atoms with Crippen LogP contribution in [0.25, 0.3) is 5.00 Å². The average molecular weight is 913 g/mol. The van der Waals surface area contributed by atoms with E-state index in [-0.39, 0.29) is 48.5 Å². The molecule has 3 aliphatic heterocycles. The Morgan fingerprint density at radius 3 is 2.38 bits per heavy atom. The highest BCUT2D eigenvalue weighted by molar-refractivity contribution is 7.17. The Kier molecular flexibility index (Phi) is 15.3. The number of thiophene rings is 1. The summed E-state index contributed by atoms with van der Waals surface area (Å²) in [6.45, 7) is 13.9. The Balaban J connectivity index is 0.951. The molecule has 5 heterocycles. The van der Waals surface area contributed by atoms with Gasteiger partial charge in [-0.25, -0.2) is 0 Å². The van der Waals surface area contributed by atoms with Gasteiger partial charge < -0.3 is 30.5 Å². The van der Waals surface area contributed by atoms with Gasteiger partial charge >= 0.3 is 0 Å². The van der Waals surface area contributed by atoms with Gasteiger partial charge in [-0.05, 0) is 89.9 Å². The van der Waals surface area contributed by atoms with Crippen LogP contribution >= 0.6 is 22.9 Å². The van der Waals surface area contributed by atoms with Crippen LogP contribution in [0.1, 0.15) is 112 Å². The van der Waals surface area contributed by atoms with Crippen molar-refractivity contribution in [1.82, 2.24) is 45.4 Å². The SMILES string of the molecule is CCCC(C)N1C(=N)c2c(OCC(=O)NCCCCNC(=O)c3sc4c(c3C)C(c3ccc(Cl)cc3)=N[C@@H](CC(=O)NCCCN3CCN(C)CC3)c3nnc(C)n3-4)cccc2C1=O. The van der Waals surface area contributed by atoms with E-state index in [9.17, 15) is 19.2 Å². The van der Waals surface area contributed by atoms with Crippen LogP contribution in [0, 0.1) is 19.3 Å². The van der Waals surface area contributed by atoms with Gasteiger partial charge in [0.2, 0.25) is 5.91 Å². The first-order chi connectivity index (χ1) is 30.9. The fourth-order valence-electron chi connectivity index (χ4n) is 8.44. The highest BCUT2D eigenvalue weighted by atomic mass is 35.5. The lowest BCUT2D eigenvalue weighted by Crippen LogP contribution is -2.45. The molecule has 4 amide bonds. The molecule has 3 aliphatic rings. The number of carbonyl (C=O) groups is 4. The Morgan fingerprint density at radius 2 is 1.64 bits per heavy atom. The molecule has 18 heteroatoms. The number of carbonyl (C=O) groups excluding carboxylic acids is 4. The molecule has 2 atom stereocenters. The zero-order valence-corrected chi connectivity index (χ0v) is 38.8. The van der Waals surface area contributed by atoms with Crippen molar-refractivity contribution in [3.63, 3.8) is 0 Å². The van der Waals surface area contributed by atoms with Crippen LogP contribution in [0.2, 0.25) is 5.02 Å². The van der Waals surface area contributed by atoms with Crippen molar-refractivity contribution in [3.8, 4) is 10.8 Å². The van der Waals surface area contributed by atoms with Gasteiger partial charge in [0, 0.05) is 68.0 Å². The quantitative estimate of drug-likeness (QED) is 0.0904. The molecule has 0 saturated carbocycles. The minimum Gasteiger partial charge on any atom is -0.483 e. The van der Waals surface area contributed by atoms with Crippen molar-refractivity contribution in [3.05, 3.63) is 91.8 Å². The molecule has 1 unspecified atom stereocenters. The Morgan fingerprint density at radius 1 is 0.938 bits per heavy atom. The highest BCUT2D eigenvalue weighted by Gasteiger charge is 2.38. The third-order valence-corrected chi connectivity index (χ3v) is 13.5. The molecule has 0 bridgehead atoms. The highest BCUT2D eigenvalue weighted by Crippen LogP contribution is 2.40. The van der Waals surface area contributed by atoms with Crippen molar-refractivity contribution >= 4 is 58.1 Å². The minimum atomic E-state index is -0.627. The number of halogens is 1. The second-order valence-corrected chi connectivity index (χ2v) is 18.1. The van der Waals surface area contributed by atoms with E-state index in [0.29, 0.717) is 76.6 Å². The van der Waals surface area contributed by atoms with Gasteiger partial charge in [-0.15, -0.1) is 21.5 Å². The number of ether oxygens (including phenoxy) is 1. The monoisotopic (exact) mass is 911 g/mol. The molecule has 16 nitrogen and oxygen atoms in total. The van der Waals surface area contributed by atoms with E-state index in [2.05, 4.69) is 43.0 Å². The van der Waals surface area contributed by atoms with E-state index in [0.717, 1.165) is 73.7 Å². The van der Waals surface area contributed by atoms with Crippen LogP contribution in [0.3, 0.4) is 0 Å². The summed E-state index contributed by atoms with van der Waals surface area (Å²) in [6.07, 6.45) is 3.82. The van der Waals surface area contributed by atoms with E-state index in [1.807, 2.05) is 44.4 Å². The summed E-state index contributed by atoms with van der Waals surface area (Å²) in [4.78, 5) is 65.1. The van der Waals surface area contributed by atoms with Crippen LogP contribution < -0.4 is 20.7 Å². The molecule has 2 aromatic carbocycles. The summed E-state index contributed by atoms with van der Waals surface area (Å²) in [5, 5.41) is 28.0. The van der Waals surface area contributed by atoms with Gasteiger partial charge in [0.25, 0.3) is 17.7 Å². The fourth-order valence-corrected chi connectivity index (χ4v) is 9.84. The van der Waals surface area contributed by atoms with E-state index >= 15 is 0 Å². The number of nitrogens with one attached hydrogen (secondary N) is 4. The normalized spacial score (nSPS) is 16.7. The lowest BCUT2D eigenvalue weighted by molar-refractivity contribution is -0.123. The summed E-state index contributed by atoms with van der Waals surface area (Å²) in [7, 11) is 2.14. The molecule has 0 spiro atoms. The third-order valence-electron chi connectivity index (χ3n) is 11.9. The van der Waals surface area contributed by atoms with E-state index in [1.54, 1.807) is 30.3 Å². The van der Waals surface area contributed by atoms with E-state index < -0.39 is 6.04 Å². The molecule has 0 radical (unpaired) electrons. The summed E-state index contributed by atoms with van der Waals surface area (Å²) >= 11 is 7.65. The first kappa shape index (κ1) is 46.5. The van der Waals surface area contributed by atoms with Gasteiger partial charge in [0.15, 0.2) is 12.4 Å². The van der Waals surface area contributed by atoms with Crippen LogP contribution in [0.5, 0.6) is 5.75 Å². The number of amidine groups is 1. The maximum atomic E-state index is 13.8.